The summed E-state index contributed by atoms with van der Waals surface area (Å²) in [5.74, 6) is 1.27. The second-order valence-corrected chi connectivity index (χ2v) is 7.06. The Morgan fingerprint density at radius 2 is 2.04 bits per heavy atom. The molecular weight excluding hydrogens is 408 g/mol. The van der Waals surface area contributed by atoms with Crippen molar-refractivity contribution in [3.05, 3.63) is 64.1 Å². The van der Waals surface area contributed by atoms with Crippen molar-refractivity contribution in [1.82, 2.24) is 25.1 Å². The third-order valence-electron chi connectivity index (χ3n) is 3.88. The summed E-state index contributed by atoms with van der Waals surface area (Å²) in [7, 11) is 0. The van der Waals surface area contributed by atoms with Gasteiger partial charge >= 0.3 is 0 Å². The molecule has 0 radical (unpaired) electrons. The van der Waals surface area contributed by atoms with Gasteiger partial charge in [-0.05, 0) is 44.5 Å². The predicted molar refractivity (Wildman–Crippen MR) is 108 cm³/mol. The van der Waals surface area contributed by atoms with Crippen LogP contribution in [0.3, 0.4) is 0 Å². The van der Waals surface area contributed by atoms with Crippen LogP contribution < -0.4 is 10.6 Å². The van der Waals surface area contributed by atoms with Crippen molar-refractivity contribution in [2.45, 2.75) is 20.3 Å². The lowest BCUT2D eigenvalue weighted by Crippen LogP contribution is -2.25. The number of nitrogens with one attached hydrogen (secondary N) is 2. The van der Waals surface area contributed by atoms with Crippen LogP contribution in [0.25, 0.3) is 5.82 Å². The molecule has 0 saturated carbocycles. The molecule has 0 aliphatic carbocycles. The van der Waals surface area contributed by atoms with Crippen LogP contribution in [-0.4, -0.2) is 38.7 Å². The standard InChI is InChI=1S/C19H21BrN6O/c1-13-9-14(2)26(25-13)18-12-21-11-17(24-18)22-7-4-8-23-19(27)15-5-3-6-16(20)10-15/h3,5-6,9-12H,4,7-8H2,1-2H3,(H,22,24)(H,23,27). The van der Waals surface area contributed by atoms with Gasteiger partial charge in [0.25, 0.3) is 5.91 Å². The highest BCUT2D eigenvalue weighted by Gasteiger charge is 2.07. The SMILES string of the molecule is Cc1cc(C)n(-c2cncc(NCCCNC(=O)c3cccc(Br)c3)n2)n1. The Labute approximate surface area is 166 Å². The van der Waals surface area contributed by atoms with Crippen molar-refractivity contribution in [2.75, 3.05) is 18.4 Å². The second kappa shape index (κ2) is 8.77. The van der Waals surface area contributed by atoms with Gasteiger partial charge in [0.1, 0.15) is 5.82 Å². The fraction of sp³-hybridized carbons (Fsp3) is 0.263. The smallest absolute Gasteiger partial charge is 0.251 e. The van der Waals surface area contributed by atoms with Crippen LogP contribution in [-0.2, 0) is 0 Å². The first-order chi connectivity index (χ1) is 13.0. The molecule has 7 nitrogen and oxygen atoms in total. The molecule has 0 saturated heterocycles. The number of aromatic nitrogens is 4. The molecule has 0 fully saturated rings. The van der Waals surface area contributed by atoms with E-state index in [1.54, 1.807) is 29.2 Å². The maximum Gasteiger partial charge on any atom is 0.251 e. The molecule has 3 rings (SSSR count). The highest BCUT2D eigenvalue weighted by molar-refractivity contribution is 9.10. The monoisotopic (exact) mass is 428 g/mol. The Kier molecular flexibility index (Phi) is 6.18. The summed E-state index contributed by atoms with van der Waals surface area (Å²) in [4.78, 5) is 20.8. The minimum Gasteiger partial charge on any atom is -0.369 e. The quantitative estimate of drug-likeness (QED) is 0.564. The zero-order valence-electron chi connectivity index (χ0n) is 15.2. The van der Waals surface area contributed by atoms with Crippen molar-refractivity contribution >= 4 is 27.7 Å². The first-order valence-corrected chi connectivity index (χ1v) is 9.45. The number of nitrogens with zero attached hydrogens (tertiary/aromatic N) is 4. The minimum absolute atomic E-state index is 0.0809. The average molecular weight is 429 g/mol. The summed E-state index contributed by atoms with van der Waals surface area (Å²) in [6.45, 7) is 5.17. The fourth-order valence-corrected chi connectivity index (χ4v) is 3.04. The Balaban J connectivity index is 1.48. The van der Waals surface area contributed by atoms with Gasteiger partial charge < -0.3 is 10.6 Å². The van der Waals surface area contributed by atoms with E-state index in [0.29, 0.717) is 30.3 Å². The third kappa shape index (κ3) is 5.13. The van der Waals surface area contributed by atoms with Gasteiger partial charge in [-0.2, -0.15) is 5.10 Å². The number of amides is 1. The molecular formula is C19H21BrN6O. The molecule has 8 heteroatoms. The number of aryl methyl sites for hydroxylation is 2. The van der Waals surface area contributed by atoms with Crippen molar-refractivity contribution in [2.24, 2.45) is 0 Å². The van der Waals surface area contributed by atoms with Crippen LogP contribution >= 0.6 is 15.9 Å². The van der Waals surface area contributed by atoms with E-state index in [9.17, 15) is 4.79 Å². The number of carbonyl (C=O) groups is 1. The molecule has 2 aromatic heterocycles. The molecule has 0 unspecified atom stereocenters. The topological polar surface area (TPSA) is 84.7 Å². The zero-order valence-corrected chi connectivity index (χ0v) is 16.8. The van der Waals surface area contributed by atoms with Crippen molar-refractivity contribution in [3.8, 4) is 5.82 Å². The van der Waals surface area contributed by atoms with E-state index in [0.717, 1.165) is 22.3 Å². The van der Waals surface area contributed by atoms with Gasteiger partial charge in [0.15, 0.2) is 5.82 Å². The zero-order chi connectivity index (χ0) is 19.2. The van der Waals surface area contributed by atoms with Crippen LogP contribution in [0.2, 0.25) is 0 Å². The van der Waals surface area contributed by atoms with E-state index in [1.807, 2.05) is 32.0 Å². The Hall–Kier alpha value is -2.74. The molecule has 27 heavy (non-hydrogen) atoms. The van der Waals surface area contributed by atoms with E-state index in [2.05, 4.69) is 41.6 Å². The van der Waals surface area contributed by atoms with Crippen LogP contribution in [0, 0.1) is 13.8 Å². The molecule has 0 spiro atoms. The summed E-state index contributed by atoms with van der Waals surface area (Å²) in [6, 6.07) is 9.32. The molecule has 0 atom stereocenters. The summed E-state index contributed by atoms with van der Waals surface area (Å²) < 4.78 is 2.66. The molecule has 1 amide bonds. The summed E-state index contributed by atoms with van der Waals surface area (Å²) in [5.41, 5.74) is 2.59. The number of benzene rings is 1. The van der Waals surface area contributed by atoms with E-state index < -0.39 is 0 Å². The molecule has 0 bridgehead atoms. The Bertz CT molecular complexity index is 939. The number of halogens is 1. The maximum atomic E-state index is 12.1. The third-order valence-corrected chi connectivity index (χ3v) is 4.37. The second-order valence-electron chi connectivity index (χ2n) is 6.15. The van der Waals surface area contributed by atoms with E-state index in [-0.39, 0.29) is 5.91 Å². The van der Waals surface area contributed by atoms with Crippen LogP contribution in [0.15, 0.2) is 47.2 Å². The molecule has 2 N–H and O–H groups in total. The number of carbonyl (C=O) groups excluding carboxylic acids is 1. The molecule has 3 aromatic rings. The summed E-state index contributed by atoms with van der Waals surface area (Å²) >= 11 is 3.37. The molecule has 0 aliphatic heterocycles. The van der Waals surface area contributed by atoms with Crippen molar-refractivity contribution in [1.29, 1.82) is 0 Å². The highest BCUT2D eigenvalue weighted by atomic mass is 79.9. The van der Waals surface area contributed by atoms with Crippen molar-refractivity contribution < 1.29 is 4.79 Å². The number of rotatable bonds is 7. The van der Waals surface area contributed by atoms with Gasteiger partial charge in [0.2, 0.25) is 0 Å². The number of hydrogen-bond donors (Lipinski definition) is 2. The van der Waals surface area contributed by atoms with Gasteiger partial charge in [-0.1, -0.05) is 22.0 Å². The van der Waals surface area contributed by atoms with Gasteiger partial charge in [0.05, 0.1) is 18.1 Å². The first kappa shape index (κ1) is 19.0. The Morgan fingerprint density at radius 1 is 1.19 bits per heavy atom. The highest BCUT2D eigenvalue weighted by Crippen LogP contribution is 2.12. The van der Waals surface area contributed by atoms with E-state index >= 15 is 0 Å². The minimum atomic E-state index is -0.0809. The Morgan fingerprint density at radius 3 is 2.78 bits per heavy atom. The summed E-state index contributed by atoms with van der Waals surface area (Å²) in [5, 5.41) is 10.6. The number of anilines is 1. The van der Waals surface area contributed by atoms with Crippen molar-refractivity contribution in [3.63, 3.8) is 0 Å². The van der Waals surface area contributed by atoms with Gasteiger partial charge in [-0.15, -0.1) is 0 Å². The lowest BCUT2D eigenvalue weighted by atomic mass is 10.2. The first-order valence-electron chi connectivity index (χ1n) is 8.66. The van der Waals surface area contributed by atoms with Gasteiger partial charge in [-0.3, -0.25) is 9.78 Å². The van der Waals surface area contributed by atoms with E-state index in [4.69, 9.17) is 0 Å². The van der Waals surface area contributed by atoms with Crippen LogP contribution in [0.4, 0.5) is 5.82 Å². The largest absolute Gasteiger partial charge is 0.369 e. The van der Waals surface area contributed by atoms with Crippen LogP contribution in [0.1, 0.15) is 28.2 Å². The fourth-order valence-electron chi connectivity index (χ4n) is 2.64. The molecule has 0 aliphatic rings. The number of hydrogen-bond acceptors (Lipinski definition) is 5. The van der Waals surface area contributed by atoms with Crippen LogP contribution in [0.5, 0.6) is 0 Å². The molecule has 1 aromatic carbocycles. The van der Waals surface area contributed by atoms with Gasteiger partial charge in [-0.25, -0.2) is 9.67 Å². The summed E-state index contributed by atoms with van der Waals surface area (Å²) in [6.07, 6.45) is 4.13. The maximum absolute atomic E-state index is 12.1. The molecule has 2 heterocycles. The lowest BCUT2D eigenvalue weighted by Gasteiger charge is -2.09. The normalized spacial score (nSPS) is 10.6. The molecule has 140 valence electrons. The van der Waals surface area contributed by atoms with E-state index in [1.165, 1.54) is 0 Å². The van der Waals surface area contributed by atoms with Gasteiger partial charge in [0, 0.05) is 28.8 Å². The average Bonchev–Trinajstić information content (AvgIpc) is 3.00. The lowest BCUT2D eigenvalue weighted by molar-refractivity contribution is 0.0953. The predicted octanol–water partition coefficient (Wildman–Crippen LogP) is 3.27.